The largest absolute Gasteiger partial charge is 0.492 e. The third-order valence-electron chi connectivity index (χ3n) is 3.52. The summed E-state index contributed by atoms with van der Waals surface area (Å²) in [6.45, 7) is 2.36. The van der Waals surface area contributed by atoms with Crippen LogP contribution in [0.5, 0.6) is 5.75 Å². The van der Waals surface area contributed by atoms with E-state index in [1.54, 1.807) is 18.2 Å². The Balaban J connectivity index is 1.69. The third kappa shape index (κ3) is 4.71. The molecule has 0 saturated heterocycles. The van der Waals surface area contributed by atoms with Crippen LogP contribution in [0.3, 0.4) is 0 Å². The fourth-order valence-electron chi connectivity index (χ4n) is 2.26. The smallest absolute Gasteiger partial charge is 0.258 e. The van der Waals surface area contributed by atoms with E-state index in [0.29, 0.717) is 23.7 Å². The molecule has 138 valence electrons. The lowest BCUT2D eigenvalue weighted by atomic mass is 10.2. The van der Waals surface area contributed by atoms with Crippen molar-refractivity contribution < 1.29 is 13.9 Å². The zero-order valence-electron chi connectivity index (χ0n) is 14.4. The van der Waals surface area contributed by atoms with Gasteiger partial charge in [0.05, 0.1) is 22.9 Å². The van der Waals surface area contributed by atoms with Crippen molar-refractivity contribution >= 4 is 34.8 Å². The first-order valence-corrected chi connectivity index (χ1v) is 8.52. The molecule has 0 unspecified atom stereocenters. The van der Waals surface area contributed by atoms with Gasteiger partial charge in [-0.15, -0.1) is 0 Å². The number of rotatable bonds is 6. The molecular formula is C19H16ClFN4O2. The number of benzene rings is 2. The molecule has 1 amide bonds. The molecule has 8 heteroatoms. The molecule has 6 nitrogen and oxygen atoms in total. The fourth-order valence-corrected chi connectivity index (χ4v) is 2.44. The van der Waals surface area contributed by atoms with Crippen molar-refractivity contribution in [1.29, 1.82) is 0 Å². The van der Waals surface area contributed by atoms with Crippen LogP contribution in [0.4, 0.5) is 21.7 Å². The van der Waals surface area contributed by atoms with E-state index < -0.39 is 5.82 Å². The van der Waals surface area contributed by atoms with Gasteiger partial charge in [0.1, 0.15) is 11.6 Å². The molecule has 0 aliphatic heterocycles. The van der Waals surface area contributed by atoms with Crippen molar-refractivity contribution in [1.82, 2.24) is 9.97 Å². The van der Waals surface area contributed by atoms with Crippen LogP contribution in [0.1, 0.15) is 17.3 Å². The monoisotopic (exact) mass is 386 g/mol. The summed E-state index contributed by atoms with van der Waals surface area (Å²) in [5.41, 5.74) is 1.38. The number of hydrogen-bond acceptors (Lipinski definition) is 5. The Morgan fingerprint density at radius 1 is 1.19 bits per heavy atom. The Morgan fingerprint density at radius 3 is 2.63 bits per heavy atom. The number of anilines is 3. The Bertz CT molecular complexity index is 951. The molecule has 0 fully saturated rings. The van der Waals surface area contributed by atoms with Crippen molar-refractivity contribution in [3.05, 3.63) is 71.3 Å². The average molecular weight is 387 g/mol. The van der Waals surface area contributed by atoms with Crippen LogP contribution >= 0.6 is 11.6 Å². The first-order valence-electron chi connectivity index (χ1n) is 8.14. The Hall–Kier alpha value is -3.19. The van der Waals surface area contributed by atoms with Gasteiger partial charge in [0.15, 0.2) is 0 Å². The molecule has 1 heterocycles. The number of amides is 1. The number of ether oxygens (including phenoxy) is 1. The molecule has 2 N–H and O–H groups in total. The van der Waals surface area contributed by atoms with E-state index in [1.165, 1.54) is 30.6 Å². The van der Waals surface area contributed by atoms with Gasteiger partial charge in [-0.3, -0.25) is 4.79 Å². The number of hydrogen-bond donors (Lipinski definition) is 2. The highest BCUT2D eigenvalue weighted by Gasteiger charge is 2.11. The summed E-state index contributed by atoms with van der Waals surface area (Å²) < 4.78 is 18.7. The normalized spacial score (nSPS) is 10.3. The SMILES string of the molecule is CCOc1ccccc1NC(=O)c1cnc(Nc2ccc(F)c(Cl)c2)nc1. The summed E-state index contributed by atoms with van der Waals surface area (Å²) >= 11 is 5.74. The van der Waals surface area contributed by atoms with E-state index in [1.807, 2.05) is 13.0 Å². The second-order valence-electron chi connectivity index (χ2n) is 5.43. The molecular weight excluding hydrogens is 371 g/mol. The van der Waals surface area contributed by atoms with Crippen LogP contribution in [0.25, 0.3) is 0 Å². The molecule has 3 aromatic rings. The summed E-state index contributed by atoms with van der Waals surface area (Å²) in [5, 5.41) is 5.65. The highest BCUT2D eigenvalue weighted by molar-refractivity contribution is 6.31. The van der Waals surface area contributed by atoms with E-state index in [0.717, 1.165) is 0 Å². The van der Waals surface area contributed by atoms with Crippen molar-refractivity contribution in [2.75, 3.05) is 17.2 Å². The van der Waals surface area contributed by atoms with Gasteiger partial charge in [0.25, 0.3) is 5.91 Å². The number of halogens is 2. The number of nitrogens with zero attached hydrogens (tertiary/aromatic N) is 2. The molecule has 2 aromatic carbocycles. The van der Waals surface area contributed by atoms with Crippen LogP contribution in [0.2, 0.25) is 5.02 Å². The summed E-state index contributed by atoms with van der Waals surface area (Å²) in [5.74, 6) is -0.0364. The molecule has 0 atom stereocenters. The highest BCUT2D eigenvalue weighted by atomic mass is 35.5. The molecule has 0 radical (unpaired) electrons. The molecule has 0 spiro atoms. The third-order valence-corrected chi connectivity index (χ3v) is 3.81. The highest BCUT2D eigenvalue weighted by Crippen LogP contribution is 2.24. The maximum atomic E-state index is 13.2. The van der Waals surface area contributed by atoms with E-state index in [-0.39, 0.29) is 22.4 Å². The second-order valence-corrected chi connectivity index (χ2v) is 5.84. The van der Waals surface area contributed by atoms with E-state index in [9.17, 15) is 9.18 Å². The molecule has 0 aliphatic rings. The molecule has 27 heavy (non-hydrogen) atoms. The lowest BCUT2D eigenvalue weighted by Crippen LogP contribution is -2.14. The Kier molecular flexibility index (Phi) is 5.83. The summed E-state index contributed by atoms with van der Waals surface area (Å²) in [6.07, 6.45) is 2.78. The number of carbonyl (C=O) groups is 1. The van der Waals surface area contributed by atoms with Gasteiger partial charge in [-0.25, -0.2) is 14.4 Å². The van der Waals surface area contributed by atoms with Crippen LogP contribution in [0, 0.1) is 5.82 Å². The van der Waals surface area contributed by atoms with Crippen LogP contribution in [-0.2, 0) is 0 Å². The van der Waals surface area contributed by atoms with Gasteiger partial charge < -0.3 is 15.4 Å². The lowest BCUT2D eigenvalue weighted by molar-refractivity contribution is 0.102. The summed E-state index contributed by atoms with van der Waals surface area (Å²) in [6, 6.07) is 11.3. The van der Waals surface area contributed by atoms with Gasteiger partial charge in [0, 0.05) is 18.1 Å². The van der Waals surface area contributed by atoms with Gasteiger partial charge in [0.2, 0.25) is 5.95 Å². The van der Waals surface area contributed by atoms with Crippen LogP contribution in [0.15, 0.2) is 54.9 Å². The van der Waals surface area contributed by atoms with Crippen molar-refractivity contribution in [2.24, 2.45) is 0 Å². The molecule has 0 aliphatic carbocycles. The number of para-hydroxylation sites is 2. The quantitative estimate of drug-likeness (QED) is 0.644. The zero-order valence-corrected chi connectivity index (χ0v) is 15.1. The topological polar surface area (TPSA) is 76.1 Å². The molecule has 0 saturated carbocycles. The van der Waals surface area contributed by atoms with Gasteiger partial charge >= 0.3 is 0 Å². The minimum absolute atomic E-state index is 0.0102. The van der Waals surface area contributed by atoms with Crippen LogP contribution in [-0.4, -0.2) is 22.5 Å². The van der Waals surface area contributed by atoms with E-state index >= 15 is 0 Å². The number of nitrogens with one attached hydrogen (secondary N) is 2. The molecule has 0 bridgehead atoms. The second kappa shape index (κ2) is 8.46. The van der Waals surface area contributed by atoms with Crippen molar-refractivity contribution in [2.45, 2.75) is 6.92 Å². The number of aromatic nitrogens is 2. The maximum Gasteiger partial charge on any atom is 0.258 e. The Morgan fingerprint density at radius 2 is 1.93 bits per heavy atom. The van der Waals surface area contributed by atoms with Gasteiger partial charge in [-0.05, 0) is 37.3 Å². The van der Waals surface area contributed by atoms with E-state index in [4.69, 9.17) is 16.3 Å². The fraction of sp³-hybridized carbons (Fsp3) is 0.105. The standard InChI is InChI=1S/C19H16ClFN4O2/c1-2-27-17-6-4-3-5-16(17)25-18(26)12-10-22-19(23-11-12)24-13-7-8-15(21)14(20)9-13/h3-11H,2H2,1H3,(H,25,26)(H,22,23,24). The number of carbonyl (C=O) groups excluding carboxylic acids is 1. The van der Waals surface area contributed by atoms with Crippen LogP contribution < -0.4 is 15.4 Å². The first kappa shape index (κ1) is 18.6. The molecule has 3 rings (SSSR count). The molecule has 1 aromatic heterocycles. The summed E-state index contributed by atoms with van der Waals surface area (Å²) in [4.78, 5) is 20.6. The lowest BCUT2D eigenvalue weighted by Gasteiger charge is -2.11. The van der Waals surface area contributed by atoms with Gasteiger partial charge in [-0.1, -0.05) is 23.7 Å². The first-order chi connectivity index (χ1) is 13.1. The Labute approximate surface area is 160 Å². The zero-order chi connectivity index (χ0) is 19.2. The predicted octanol–water partition coefficient (Wildman–Crippen LogP) is 4.66. The minimum Gasteiger partial charge on any atom is -0.492 e. The van der Waals surface area contributed by atoms with Crippen molar-refractivity contribution in [3.8, 4) is 5.75 Å². The summed E-state index contributed by atoms with van der Waals surface area (Å²) in [7, 11) is 0. The maximum absolute atomic E-state index is 13.2. The average Bonchev–Trinajstić information content (AvgIpc) is 2.67. The van der Waals surface area contributed by atoms with Gasteiger partial charge in [-0.2, -0.15) is 0 Å². The van der Waals surface area contributed by atoms with E-state index in [2.05, 4.69) is 20.6 Å². The minimum atomic E-state index is -0.512. The van der Waals surface area contributed by atoms with Crippen molar-refractivity contribution in [3.63, 3.8) is 0 Å². The predicted molar refractivity (Wildman–Crippen MR) is 102 cm³/mol.